The third-order valence-electron chi connectivity index (χ3n) is 6.86. The van der Waals surface area contributed by atoms with Crippen LogP contribution in [0.5, 0.6) is 0 Å². The van der Waals surface area contributed by atoms with Crippen LogP contribution in [0, 0.1) is 5.41 Å². The molecule has 3 aliphatic rings. The van der Waals surface area contributed by atoms with Crippen molar-refractivity contribution >= 4 is 17.8 Å². The number of carbonyl (C=O) groups is 2. The predicted molar refractivity (Wildman–Crippen MR) is 112 cm³/mol. The van der Waals surface area contributed by atoms with Gasteiger partial charge in [-0.1, -0.05) is 0 Å². The fourth-order valence-electron chi connectivity index (χ4n) is 5.04. The summed E-state index contributed by atoms with van der Waals surface area (Å²) in [5, 5.41) is 10.7. The molecule has 164 valence electrons. The molecule has 3 fully saturated rings. The molecule has 0 aromatic carbocycles. The first kappa shape index (κ1) is 21.0. The molecule has 30 heavy (non-hydrogen) atoms. The number of hydrogen-bond donors (Lipinski definition) is 1. The summed E-state index contributed by atoms with van der Waals surface area (Å²) >= 11 is 0. The van der Waals surface area contributed by atoms with Gasteiger partial charge in [-0.2, -0.15) is 0 Å². The third kappa shape index (κ3) is 4.41. The molecule has 1 spiro atoms. The Morgan fingerprint density at radius 1 is 1.07 bits per heavy atom. The fourth-order valence-corrected chi connectivity index (χ4v) is 5.04. The van der Waals surface area contributed by atoms with Gasteiger partial charge in [0.2, 0.25) is 17.8 Å². The van der Waals surface area contributed by atoms with E-state index in [4.69, 9.17) is 0 Å². The number of aromatic nitrogens is 2. The summed E-state index contributed by atoms with van der Waals surface area (Å²) in [4.78, 5) is 41.6. The maximum Gasteiger partial charge on any atom is 0.236 e. The SMILES string of the molecule is CC(=O)N1CCC[C@@]2(C1)CN(C(=O)CN1CCN(c3ncccn3)CC1)CC[C@@H]2O. The van der Waals surface area contributed by atoms with Crippen molar-refractivity contribution < 1.29 is 14.7 Å². The van der Waals surface area contributed by atoms with Crippen LogP contribution in [0.1, 0.15) is 26.2 Å². The Kier molecular flexibility index (Phi) is 6.19. The zero-order valence-corrected chi connectivity index (χ0v) is 17.7. The minimum Gasteiger partial charge on any atom is -0.392 e. The number of nitrogens with zero attached hydrogens (tertiary/aromatic N) is 6. The van der Waals surface area contributed by atoms with E-state index in [0.717, 1.165) is 51.5 Å². The Bertz CT molecular complexity index is 754. The molecule has 0 unspecified atom stereocenters. The highest BCUT2D eigenvalue weighted by molar-refractivity contribution is 5.78. The van der Waals surface area contributed by atoms with Gasteiger partial charge in [0.1, 0.15) is 0 Å². The average molecular weight is 417 g/mol. The van der Waals surface area contributed by atoms with Crippen molar-refractivity contribution in [1.29, 1.82) is 0 Å². The number of piperazine rings is 1. The Hall–Kier alpha value is -2.26. The lowest BCUT2D eigenvalue weighted by Crippen LogP contribution is -2.61. The van der Waals surface area contributed by atoms with Crippen molar-refractivity contribution in [3.8, 4) is 0 Å². The number of rotatable bonds is 3. The molecule has 4 rings (SSSR count). The number of amides is 2. The summed E-state index contributed by atoms with van der Waals surface area (Å²) in [5.74, 6) is 0.901. The van der Waals surface area contributed by atoms with Gasteiger partial charge in [-0.25, -0.2) is 9.97 Å². The van der Waals surface area contributed by atoms with Gasteiger partial charge in [0.25, 0.3) is 0 Å². The van der Waals surface area contributed by atoms with Gasteiger partial charge < -0.3 is 19.8 Å². The van der Waals surface area contributed by atoms with Gasteiger partial charge in [0.05, 0.1) is 12.6 Å². The molecule has 9 nitrogen and oxygen atoms in total. The van der Waals surface area contributed by atoms with Crippen molar-refractivity contribution in [2.75, 3.05) is 63.8 Å². The van der Waals surface area contributed by atoms with Gasteiger partial charge in [-0.3, -0.25) is 14.5 Å². The lowest BCUT2D eigenvalue weighted by atomic mass is 9.71. The lowest BCUT2D eigenvalue weighted by molar-refractivity contribution is -0.148. The van der Waals surface area contributed by atoms with Crippen LogP contribution in [0.25, 0.3) is 0 Å². The first-order chi connectivity index (χ1) is 14.5. The number of aliphatic hydroxyl groups excluding tert-OH is 1. The number of carbonyl (C=O) groups excluding carboxylic acids is 2. The van der Waals surface area contributed by atoms with Crippen LogP contribution in [0.2, 0.25) is 0 Å². The summed E-state index contributed by atoms with van der Waals surface area (Å²) in [7, 11) is 0. The van der Waals surface area contributed by atoms with E-state index < -0.39 is 6.10 Å². The number of likely N-dealkylation sites (tertiary alicyclic amines) is 2. The van der Waals surface area contributed by atoms with Crippen molar-refractivity contribution in [3.63, 3.8) is 0 Å². The minimum atomic E-state index is -0.460. The van der Waals surface area contributed by atoms with Crippen LogP contribution in [0.3, 0.4) is 0 Å². The maximum atomic E-state index is 13.0. The topological polar surface area (TPSA) is 93.1 Å². The molecular formula is C21H32N6O3. The minimum absolute atomic E-state index is 0.0463. The van der Waals surface area contributed by atoms with Crippen molar-refractivity contribution in [3.05, 3.63) is 18.5 Å². The van der Waals surface area contributed by atoms with Crippen LogP contribution in [-0.4, -0.2) is 107 Å². The molecule has 0 bridgehead atoms. The highest BCUT2D eigenvalue weighted by Crippen LogP contribution is 2.39. The normalized spacial score (nSPS) is 28.1. The van der Waals surface area contributed by atoms with Crippen LogP contribution < -0.4 is 4.90 Å². The number of hydrogen-bond acceptors (Lipinski definition) is 7. The molecule has 1 aromatic heterocycles. The lowest BCUT2D eigenvalue weighted by Gasteiger charge is -2.51. The second-order valence-electron chi connectivity index (χ2n) is 8.84. The molecule has 3 aliphatic heterocycles. The molecule has 9 heteroatoms. The Labute approximate surface area is 177 Å². The molecule has 4 heterocycles. The van der Waals surface area contributed by atoms with E-state index in [0.29, 0.717) is 32.6 Å². The first-order valence-corrected chi connectivity index (χ1v) is 10.9. The van der Waals surface area contributed by atoms with Gasteiger partial charge in [0, 0.05) is 77.1 Å². The second kappa shape index (κ2) is 8.85. The zero-order valence-electron chi connectivity index (χ0n) is 17.7. The van der Waals surface area contributed by atoms with E-state index in [2.05, 4.69) is 19.8 Å². The smallest absolute Gasteiger partial charge is 0.236 e. The number of piperidine rings is 2. The van der Waals surface area contributed by atoms with Gasteiger partial charge in [-0.05, 0) is 25.3 Å². The number of aliphatic hydroxyl groups is 1. The third-order valence-corrected chi connectivity index (χ3v) is 6.86. The van der Waals surface area contributed by atoms with Gasteiger partial charge in [-0.15, -0.1) is 0 Å². The first-order valence-electron chi connectivity index (χ1n) is 10.9. The summed E-state index contributed by atoms with van der Waals surface area (Å²) in [6.07, 6.45) is 5.35. The second-order valence-corrected chi connectivity index (χ2v) is 8.84. The standard InChI is InChI=1S/C21H32N6O3/c1-17(28)26-8-2-5-21(15-26)16-27(9-4-18(21)29)19(30)14-24-10-12-25(13-11-24)20-22-6-3-7-23-20/h3,6-7,18,29H,2,4-5,8-16H2,1H3/t18-,21+/m0/s1. The highest BCUT2D eigenvalue weighted by atomic mass is 16.3. The van der Waals surface area contributed by atoms with Gasteiger partial charge in [0.15, 0.2) is 0 Å². The molecule has 0 saturated carbocycles. The van der Waals surface area contributed by atoms with E-state index >= 15 is 0 Å². The van der Waals surface area contributed by atoms with Crippen molar-refractivity contribution in [2.45, 2.75) is 32.3 Å². The van der Waals surface area contributed by atoms with E-state index in [-0.39, 0.29) is 17.2 Å². The Morgan fingerprint density at radius 2 is 1.77 bits per heavy atom. The van der Waals surface area contributed by atoms with Crippen LogP contribution >= 0.6 is 0 Å². The molecule has 2 atom stereocenters. The maximum absolute atomic E-state index is 13.0. The highest BCUT2D eigenvalue weighted by Gasteiger charge is 2.47. The van der Waals surface area contributed by atoms with Crippen molar-refractivity contribution in [1.82, 2.24) is 24.7 Å². The predicted octanol–water partition coefficient (Wildman–Crippen LogP) is -0.179. The fraction of sp³-hybridized carbons (Fsp3) is 0.714. The number of anilines is 1. The van der Waals surface area contributed by atoms with E-state index in [1.807, 2.05) is 15.9 Å². The zero-order chi connectivity index (χ0) is 21.1. The Morgan fingerprint density at radius 3 is 2.47 bits per heavy atom. The quantitative estimate of drug-likeness (QED) is 0.731. The summed E-state index contributed by atoms with van der Waals surface area (Å²) in [6.45, 7) is 7.57. The Balaban J connectivity index is 1.32. The van der Waals surface area contributed by atoms with E-state index in [9.17, 15) is 14.7 Å². The van der Waals surface area contributed by atoms with Gasteiger partial charge >= 0.3 is 0 Å². The molecule has 0 aliphatic carbocycles. The van der Waals surface area contributed by atoms with Crippen LogP contribution in [-0.2, 0) is 9.59 Å². The average Bonchev–Trinajstić information content (AvgIpc) is 2.77. The molecule has 1 N–H and O–H groups in total. The molecule has 3 saturated heterocycles. The largest absolute Gasteiger partial charge is 0.392 e. The van der Waals surface area contributed by atoms with Crippen LogP contribution in [0.15, 0.2) is 18.5 Å². The van der Waals surface area contributed by atoms with E-state index in [1.165, 1.54) is 0 Å². The summed E-state index contributed by atoms with van der Waals surface area (Å²) < 4.78 is 0. The van der Waals surface area contributed by atoms with Crippen LogP contribution in [0.4, 0.5) is 5.95 Å². The molecule has 1 aromatic rings. The molecule has 0 radical (unpaired) electrons. The molecule has 2 amide bonds. The molecular weight excluding hydrogens is 384 g/mol. The summed E-state index contributed by atoms with van der Waals surface area (Å²) in [5.41, 5.74) is -0.388. The van der Waals surface area contributed by atoms with Crippen molar-refractivity contribution in [2.24, 2.45) is 5.41 Å². The summed E-state index contributed by atoms with van der Waals surface area (Å²) in [6, 6.07) is 1.81. The van der Waals surface area contributed by atoms with E-state index in [1.54, 1.807) is 19.3 Å². The monoisotopic (exact) mass is 416 g/mol.